The van der Waals surface area contributed by atoms with Gasteiger partial charge in [-0.3, -0.25) is 4.79 Å². The number of anilines is 1. The molecular formula is C16H14ClNO3. The lowest BCUT2D eigenvalue weighted by Crippen LogP contribution is -2.13. The first-order valence-corrected chi connectivity index (χ1v) is 6.67. The van der Waals surface area contributed by atoms with Crippen LogP contribution in [0.1, 0.15) is 31.8 Å². The van der Waals surface area contributed by atoms with E-state index >= 15 is 0 Å². The number of benzene rings is 2. The summed E-state index contributed by atoms with van der Waals surface area (Å²) < 4.78 is 0. The molecule has 0 aliphatic carbocycles. The number of hydrogen-bond donors (Lipinski definition) is 2. The highest BCUT2D eigenvalue weighted by molar-refractivity contribution is 6.34. The summed E-state index contributed by atoms with van der Waals surface area (Å²) in [6.07, 6.45) is 0. The molecule has 1 amide bonds. The second-order valence-corrected chi connectivity index (χ2v) is 5.18. The maximum atomic E-state index is 12.2. The molecular weight excluding hydrogens is 290 g/mol. The van der Waals surface area contributed by atoms with E-state index in [-0.39, 0.29) is 11.5 Å². The molecule has 0 saturated carbocycles. The van der Waals surface area contributed by atoms with E-state index in [0.717, 1.165) is 5.56 Å². The fraction of sp³-hybridized carbons (Fsp3) is 0.125. The van der Waals surface area contributed by atoms with E-state index in [9.17, 15) is 9.59 Å². The average molecular weight is 304 g/mol. The van der Waals surface area contributed by atoms with Crippen LogP contribution in [-0.2, 0) is 0 Å². The predicted octanol–water partition coefficient (Wildman–Crippen LogP) is 3.91. The molecule has 0 spiro atoms. The van der Waals surface area contributed by atoms with Gasteiger partial charge >= 0.3 is 5.97 Å². The smallest absolute Gasteiger partial charge is 0.335 e. The second kappa shape index (κ2) is 5.97. The number of nitrogens with one attached hydrogen (secondary N) is 1. The van der Waals surface area contributed by atoms with Gasteiger partial charge in [0.2, 0.25) is 0 Å². The summed E-state index contributed by atoms with van der Waals surface area (Å²) in [6, 6.07) is 9.71. The van der Waals surface area contributed by atoms with Crippen molar-refractivity contribution in [2.75, 3.05) is 5.32 Å². The van der Waals surface area contributed by atoms with Crippen molar-refractivity contribution in [2.45, 2.75) is 13.8 Å². The number of halogens is 1. The SMILES string of the molecule is Cc1ccc(C(=O)Nc2ccc(C(=O)O)cc2C)c(Cl)c1. The van der Waals surface area contributed by atoms with Gasteiger partial charge in [0.15, 0.2) is 0 Å². The Kier molecular flexibility index (Phi) is 4.29. The van der Waals surface area contributed by atoms with Crippen LogP contribution in [0.4, 0.5) is 5.69 Å². The second-order valence-electron chi connectivity index (χ2n) is 4.77. The summed E-state index contributed by atoms with van der Waals surface area (Å²) in [5.74, 6) is -1.33. The monoisotopic (exact) mass is 303 g/mol. The van der Waals surface area contributed by atoms with Crippen molar-refractivity contribution in [1.82, 2.24) is 0 Å². The quantitative estimate of drug-likeness (QED) is 0.903. The number of carbonyl (C=O) groups excluding carboxylic acids is 1. The fourth-order valence-electron chi connectivity index (χ4n) is 1.93. The molecule has 2 rings (SSSR count). The Balaban J connectivity index is 2.25. The summed E-state index contributed by atoms with van der Waals surface area (Å²) >= 11 is 6.06. The molecule has 2 N–H and O–H groups in total. The van der Waals surface area contributed by atoms with Gasteiger partial charge in [0.05, 0.1) is 16.1 Å². The van der Waals surface area contributed by atoms with E-state index in [0.29, 0.717) is 21.8 Å². The molecule has 108 valence electrons. The number of carbonyl (C=O) groups is 2. The van der Waals surface area contributed by atoms with Crippen LogP contribution in [0.15, 0.2) is 36.4 Å². The molecule has 0 aliphatic rings. The van der Waals surface area contributed by atoms with Crippen LogP contribution in [0.5, 0.6) is 0 Å². The first kappa shape index (κ1) is 15.1. The molecule has 2 aromatic carbocycles. The molecule has 0 fully saturated rings. The van der Waals surface area contributed by atoms with Crippen LogP contribution >= 0.6 is 11.6 Å². The lowest BCUT2D eigenvalue weighted by Gasteiger charge is -2.10. The zero-order chi connectivity index (χ0) is 15.6. The summed E-state index contributed by atoms with van der Waals surface area (Å²) in [4.78, 5) is 23.1. The molecule has 0 unspecified atom stereocenters. The van der Waals surface area contributed by atoms with Gasteiger partial charge in [0.25, 0.3) is 5.91 Å². The van der Waals surface area contributed by atoms with Crippen molar-refractivity contribution in [3.63, 3.8) is 0 Å². The molecule has 4 nitrogen and oxygen atoms in total. The molecule has 0 atom stereocenters. The van der Waals surface area contributed by atoms with Crippen molar-refractivity contribution in [1.29, 1.82) is 0 Å². The third kappa shape index (κ3) is 3.41. The van der Waals surface area contributed by atoms with E-state index in [4.69, 9.17) is 16.7 Å². The molecule has 0 radical (unpaired) electrons. The fourth-order valence-corrected chi connectivity index (χ4v) is 2.25. The van der Waals surface area contributed by atoms with Gasteiger partial charge in [-0.25, -0.2) is 4.79 Å². The number of hydrogen-bond acceptors (Lipinski definition) is 2. The van der Waals surface area contributed by atoms with Crippen molar-refractivity contribution >= 4 is 29.2 Å². The number of amides is 1. The molecule has 0 bridgehead atoms. The lowest BCUT2D eigenvalue weighted by atomic mass is 10.1. The van der Waals surface area contributed by atoms with E-state index in [1.165, 1.54) is 12.1 Å². The van der Waals surface area contributed by atoms with Crippen molar-refractivity contribution < 1.29 is 14.7 Å². The zero-order valence-electron chi connectivity index (χ0n) is 11.6. The number of carboxylic acid groups (broad SMARTS) is 1. The third-order valence-electron chi connectivity index (χ3n) is 3.09. The molecule has 5 heteroatoms. The Labute approximate surface area is 127 Å². The minimum absolute atomic E-state index is 0.180. The number of aryl methyl sites for hydroxylation is 2. The summed E-state index contributed by atoms with van der Waals surface area (Å²) in [5.41, 5.74) is 2.76. The van der Waals surface area contributed by atoms with Gasteiger partial charge < -0.3 is 10.4 Å². The van der Waals surface area contributed by atoms with Crippen LogP contribution in [0.2, 0.25) is 5.02 Å². The Morgan fingerprint density at radius 3 is 2.38 bits per heavy atom. The highest BCUT2D eigenvalue weighted by atomic mass is 35.5. The highest BCUT2D eigenvalue weighted by Gasteiger charge is 2.12. The van der Waals surface area contributed by atoms with Gasteiger partial charge in [-0.05, 0) is 55.3 Å². The van der Waals surface area contributed by atoms with E-state index in [1.807, 2.05) is 6.92 Å². The first-order chi connectivity index (χ1) is 9.88. The van der Waals surface area contributed by atoms with Gasteiger partial charge in [0, 0.05) is 5.69 Å². The molecule has 2 aromatic rings. The first-order valence-electron chi connectivity index (χ1n) is 6.30. The van der Waals surface area contributed by atoms with Crippen molar-refractivity contribution in [2.24, 2.45) is 0 Å². The molecule has 21 heavy (non-hydrogen) atoms. The molecule has 0 aromatic heterocycles. The highest BCUT2D eigenvalue weighted by Crippen LogP contribution is 2.21. The number of rotatable bonds is 3. The van der Waals surface area contributed by atoms with Crippen LogP contribution in [0.3, 0.4) is 0 Å². The summed E-state index contributed by atoms with van der Waals surface area (Å²) in [6.45, 7) is 3.63. The molecule has 0 saturated heterocycles. The van der Waals surface area contributed by atoms with Gasteiger partial charge in [-0.1, -0.05) is 17.7 Å². The zero-order valence-corrected chi connectivity index (χ0v) is 12.4. The van der Waals surface area contributed by atoms with Crippen LogP contribution < -0.4 is 5.32 Å². The Hall–Kier alpha value is -2.33. The van der Waals surface area contributed by atoms with Crippen LogP contribution in [-0.4, -0.2) is 17.0 Å². The Morgan fingerprint density at radius 1 is 1.10 bits per heavy atom. The van der Waals surface area contributed by atoms with Crippen LogP contribution in [0, 0.1) is 13.8 Å². The minimum Gasteiger partial charge on any atom is -0.478 e. The third-order valence-corrected chi connectivity index (χ3v) is 3.40. The normalized spacial score (nSPS) is 10.2. The maximum absolute atomic E-state index is 12.2. The predicted molar refractivity (Wildman–Crippen MR) is 82.3 cm³/mol. The molecule has 0 heterocycles. The summed E-state index contributed by atoms with van der Waals surface area (Å²) in [5, 5.41) is 12.0. The lowest BCUT2D eigenvalue weighted by molar-refractivity contribution is 0.0696. The Morgan fingerprint density at radius 2 is 1.81 bits per heavy atom. The standard InChI is InChI=1S/C16H14ClNO3/c1-9-3-5-12(13(17)7-9)15(19)18-14-6-4-11(16(20)21)8-10(14)2/h3-8H,1-2H3,(H,18,19)(H,20,21). The number of aromatic carboxylic acids is 1. The minimum atomic E-state index is -1.00. The van der Waals surface area contributed by atoms with E-state index in [1.54, 1.807) is 31.2 Å². The van der Waals surface area contributed by atoms with Gasteiger partial charge in [-0.2, -0.15) is 0 Å². The van der Waals surface area contributed by atoms with Crippen molar-refractivity contribution in [3.05, 3.63) is 63.7 Å². The average Bonchev–Trinajstić information content (AvgIpc) is 2.40. The largest absolute Gasteiger partial charge is 0.478 e. The maximum Gasteiger partial charge on any atom is 0.335 e. The van der Waals surface area contributed by atoms with Gasteiger partial charge in [-0.15, -0.1) is 0 Å². The van der Waals surface area contributed by atoms with Crippen LogP contribution in [0.25, 0.3) is 0 Å². The van der Waals surface area contributed by atoms with Crippen molar-refractivity contribution in [3.8, 4) is 0 Å². The van der Waals surface area contributed by atoms with E-state index in [2.05, 4.69) is 5.32 Å². The number of carboxylic acids is 1. The topological polar surface area (TPSA) is 66.4 Å². The Bertz CT molecular complexity index is 725. The van der Waals surface area contributed by atoms with E-state index < -0.39 is 5.97 Å². The summed E-state index contributed by atoms with van der Waals surface area (Å²) in [7, 11) is 0. The van der Waals surface area contributed by atoms with Gasteiger partial charge in [0.1, 0.15) is 0 Å². The molecule has 0 aliphatic heterocycles.